The Morgan fingerprint density at radius 1 is 1.43 bits per heavy atom. The van der Waals surface area contributed by atoms with E-state index in [0.717, 1.165) is 19.4 Å². The Morgan fingerprint density at radius 3 is 2.33 bits per heavy atom. The maximum absolute atomic E-state index is 11.7. The Labute approximate surface area is 128 Å². The molecule has 0 bridgehead atoms. The number of ether oxygens (including phenoxy) is 1. The molecule has 1 aliphatic heterocycles. The van der Waals surface area contributed by atoms with E-state index >= 15 is 0 Å². The predicted molar refractivity (Wildman–Crippen MR) is 82.9 cm³/mol. The normalized spacial score (nSPS) is 29.4. The summed E-state index contributed by atoms with van der Waals surface area (Å²) in [4.78, 5) is 23.8. The fourth-order valence-electron chi connectivity index (χ4n) is 2.35. The third kappa shape index (κ3) is 7.58. The molecule has 1 saturated heterocycles. The maximum Gasteiger partial charge on any atom is 0.306 e. The molecule has 3 atom stereocenters. The summed E-state index contributed by atoms with van der Waals surface area (Å²) in [6, 6.07) is 0.496. The van der Waals surface area contributed by atoms with Crippen molar-refractivity contribution in [2.45, 2.75) is 71.1 Å². The molecule has 1 saturated carbocycles. The average Bonchev–Trinajstić information content (AvgIpc) is 2.95. The molecule has 21 heavy (non-hydrogen) atoms. The van der Waals surface area contributed by atoms with Crippen molar-refractivity contribution in [3.8, 4) is 0 Å². The van der Waals surface area contributed by atoms with Crippen molar-refractivity contribution in [3.05, 3.63) is 0 Å². The lowest BCUT2D eigenvalue weighted by atomic mass is 9.89. The molecule has 0 spiro atoms. The Hall–Kier alpha value is -0.940. The number of carbonyl (C=O) groups excluding carboxylic acids is 2. The highest BCUT2D eigenvalue weighted by Crippen LogP contribution is 2.25. The summed E-state index contributed by atoms with van der Waals surface area (Å²) < 4.78 is 5.35. The van der Waals surface area contributed by atoms with Gasteiger partial charge in [0.05, 0.1) is 6.04 Å². The first kappa shape index (κ1) is 18.1. The third-order valence-electron chi connectivity index (χ3n) is 3.87. The lowest BCUT2D eigenvalue weighted by Crippen LogP contribution is -2.38. The molecule has 1 aliphatic carbocycles. The van der Waals surface area contributed by atoms with Gasteiger partial charge in [0.25, 0.3) is 0 Å². The molecule has 0 radical (unpaired) electrons. The van der Waals surface area contributed by atoms with E-state index in [1.54, 1.807) is 0 Å². The van der Waals surface area contributed by atoms with Crippen LogP contribution in [0.3, 0.4) is 0 Å². The zero-order valence-electron chi connectivity index (χ0n) is 14.0. The van der Waals surface area contributed by atoms with Gasteiger partial charge in [-0.3, -0.25) is 9.59 Å². The summed E-state index contributed by atoms with van der Waals surface area (Å²) >= 11 is 0. The number of nitrogens with zero attached hydrogens (tertiary/aromatic N) is 1. The van der Waals surface area contributed by atoms with Gasteiger partial charge in [-0.05, 0) is 60.0 Å². The van der Waals surface area contributed by atoms with Crippen molar-refractivity contribution >= 4 is 11.8 Å². The summed E-state index contributed by atoms with van der Waals surface area (Å²) in [5, 5.41) is 0. The van der Waals surface area contributed by atoms with Gasteiger partial charge >= 0.3 is 5.97 Å². The SMILES string of the molecule is CC1CC(CC(=O)OC(C)(C)C)CCN1C.NC1CC1=O. The summed E-state index contributed by atoms with van der Waals surface area (Å²) in [6.45, 7) is 9.07. The molecule has 5 nitrogen and oxygen atoms in total. The fraction of sp³-hybridized carbons (Fsp3) is 0.875. The average molecular weight is 298 g/mol. The van der Waals surface area contributed by atoms with E-state index in [1.165, 1.54) is 0 Å². The fourth-order valence-corrected chi connectivity index (χ4v) is 2.35. The second kappa shape index (κ2) is 7.36. The number of likely N-dealkylation sites (tertiary alicyclic amines) is 1. The molecule has 0 aromatic carbocycles. The van der Waals surface area contributed by atoms with E-state index in [0.29, 0.717) is 24.8 Å². The lowest BCUT2D eigenvalue weighted by molar-refractivity contribution is -0.156. The van der Waals surface area contributed by atoms with Crippen LogP contribution < -0.4 is 5.73 Å². The molecule has 1 heterocycles. The van der Waals surface area contributed by atoms with Crippen molar-refractivity contribution in [2.75, 3.05) is 13.6 Å². The minimum atomic E-state index is -0.353. The van der Waals surface area contributed by atoms with Gasteiger partial charge in [-0.15, -0.1) is 0 Å². The van der Waals surface area contributed by atoms with E-state index in [2.05, 4.69) is 18.9 Å². The van der Waals surface area contributed by atoms with Crippen LogP contribution in [0.4, 0.5) is 0 Å². The first-order valence-corrected chi connectivity index (χ1v) is 7.79. The Kier molecular flexibility index (Phi) is 6.35. The van der Waals surface area contributed by atoms with Crippen LogP contribution in [0.1, 0.15) is 53.4 Å². The van der Waals surface area contributed by atoms with Gasteiger partial charge in [-0.25, -0.2) is 0 Å². The summed E-state index contributed by atoms with van der Waals surface area (Å²) in [6.07, 6.45) is 3.41. The Balaban J connectivity index is 0.000000369. The minimum Gasteiger partial charge on any atom is -0.460 e. The van der Waals surface area contributed by atoms with Gasteiger partial charge in [0.2, 0.25) is 0 Å². The molecule has 122 valence electrons. The first-order valence-electron chi connectivity index (χ1n) is 7.79. The van der Waals surface area contributed by atoms with E-state index in [9.17, 15) is 9.59 Å². The number of Topliss-reactive ketones (excluding diaryl/α,β-unsaturated/α-hetero) is 1. The quantitative estimate of drug-likeness (QED) is 0.786. The molecule has 0 aromatic rings. The van der Waals surface area contributed by atoms with Gasteiger partial charge in [-0.1, -0.05) is 0 Å². The molecule has 2 aliphatic rings. The number of hydrogen-bond acceptors (Lipinski definition) is 5. The van der Waals surface area contributed by atoms with Crippen LogP contribution >= 0.6 is 0 Å². The van der Waals surface area contributed by atoms with Gasteiger partial charge in [0.1, 0.15) is 5.60 Å². The van der Waals surface area contributed by atoms with Gasteiger partial charge in [-0.2, -0.15) is 0 Å². The number of nitrogens with two attached hydrogens (primary N) is 1. The highest BCUT2D eigenvalue weighted by molar-refractivity contribution is 5.99. The second-order valence-corrected chi connectivity index (χ2v) is 7.29. The van der Waals surface area contributed by atoms with Crippen molar-refractivity contribution in [2.24, 2.45) is 11.7 Å². The number of piperidine rings is 1. The zero-order valence-corrected chi connectivity index (χ0v) is 14.0. The van der Waals surface area contributed by atoms with Crippen molar-refractivity contribution in [3.63, 3.8) is 0 Å². The third-order valence-corrected chi connectivity index (χ3v) is 3.87. The highest BCUT2D eigenvalue weighted by Gasteiger charge is 2.29. The summed E-state index contributed by atoms with van der Waals surface area (Å²) in [5.74, 6) is 0.653. The number of carbonyl (C=O) groups is 2. The summed E-state index contributed by atoms with van der Waals surface area (Å²) in [7, 11) is 2.15. The Morgan fingerprint density at radius 2 is 1.95 bits per heavy atom. The minimum absolute atomic E-state index is 0.0470. The Bertz CT molecular complexity index is 376. The number of hydrogen-bond donors (Lipinski definition) is 1. The van der Waals surface area contributed by atoms with E-state index in [1.807, 2.05) is 20.8 Å². The van der Waals surface area contributed by atoms with Crippen molar-refractivity contribution in [1.29, 1.82) is 0 Å². The van der Waals surface area contributed by atoms with Crippen molar-refractivity contribution < 1.29 is 14.3 Å². The number of ketones is 1. The van der Waals surface area contributed by atoms with Crippen LogP contribution in [0.25, 0.3) is 0 Å². The topological polar surface area (TPSA) is 72.6 Å². The van der Waals surface area contributed by atoms with E-state index < -0.39 is 0 Å². The second-order valence-electron chi connectivity index (χ2n) is 7.29. The van der Waals surface area contributed by atoms with Crippen molar-refractivity contribution in [1.82, 2.24) is 4.90 Å². The van der Waals surface area contributed by atoms with Crippen LogP contribution in [0.15, 0.2) is 0 Å². The largest absolute Gasteiger partial charge is 0.460 e. The van der Waals surface area contributed by atoms with Crippen LogP contribution in [0.5, 0.6) is 0 Å². The van der Waals surface area contributed by atoms with Crippen LogP contribution in [0, 0.1) is 5.92 Å². The smallest absolute Gasteiger partial charge is 0.306 e. The molecule has 2 N–H and O–H groups in total. The van der Waals surface area contributed by atoms with Gasteiger partial charge in [0.15, 0.2) is 5.78 Å². The molecule has 3 unspecified atom stereocenters. The van der Waals surface area contributed by atoms with E-state index in [-0.39, 0.29) is 23.4 Å². The molecule has 0 aromatic heterocycles. The highest BCUT2D eigenvalue weighted by atomic mass is 16.6. The molecule has 5 heteroatoms. The molecule has 0 amide bonds. The molecule has 2 fully saturated rings. The number of rotatable bonds is 2. The van der Waals surface area contributed by atoms with Gasteiger partial charge < -0.3 is 15.4 Å². The monoisotopic (exact) mass is 298 g/mol. The lowest BCUT2D eigenvalue weighted by Gasteiger charge is -2.35. The summed E-state index contributed by atoms with van der Waals surface area (Å²) in [5.41, 5.74) is 4.66. The van der Waals surface area contributed by atoms with E-state index in [4.69, 9.17) is 10.5 Å². The predicted octanol–water partition coefficient (Wildman–Crippen LogP) is 1.74. The van der Waals surface area contributed by atoms with Crippen LogP contribution in [-0.2, 0) is 14.3 Å². The van der Waals surface area contributed by atoms with Crippen LogP contribution in [-0.4, -0.2) is 47.9 Å². The maximum atomic E-state index is 11.7. The first-order chi connectivity index (χ1) is 9.58. The van der Waals surface area contributed by atoms with Gasteiger partial charge in [0, 0.05) is 18.9 Å². The molecular formula is C16H30N2O3. The zero-order chi connectivity index (χ0) is 16.2. The molecule has 2 rings (SSSR count). The standard InChI is InChI=1S/C13H25NO2.C3H5NO/c1-10-8-11(6-7-14(10)5)9-12(15)16-13(2,3)4;4-2-1-3(2)5/h10-11H,6-9H2,1-5H3;2H,1,4H2. The van der Waals surface area contributed by atoms with Crippen LogP contribution in [0.2, 0.25) is 0 Å². The number of esters is 1. The molecular weight excluding hydrogens is 268 g/mol.